The molecular weight excluding hydrogens is 354 g/mol. The molecule has 1 aliphatic rings. The highest BCUT2D eigenvalue weighted by Gasteiger charge is 2.31. The average Bonchev–Trinajstić information content (AvgIpc) is 3.11. The quantitative estimate of drug-likeness (QED) is 0.572. The van der Waals surface area contributed by atoms with Gasteiger partial charge in [-0.15, -0.1) is 0 Å². The van der Waals surface area contributed by atoms with Crippen LogP contribution in [0.2, 0.25) is 0 Å². The van der Waals surface area contributed by atoms with E-state index in [1.54, 1.807) is 30.3 Å². The van der Waals surface area contributed by atoms with Gasteiger partial charge in [-0.1, -0.05) is 0 Å². The van der Waals surface area contributed by atoms with Gasteiger partial charge in [0.25, 0.3) is 0 Å². The first-order valence-corrected chi connectivity index (χ1v) is 10.2. The van der Waals surface area contributed by atoms with Gasteiger partial charge in [0.1, 0.15) is 12.0 Å². The summed E-state index contributed by atoms with van der Waals surface area (Å²) in [6, 6.07) is 8.21. The lowest BCUT2D eigenvalue weighted by Gasteiger charge is -2.16. The summed E-state index contributed by atoms with van der Waals surface area (Å²) in [4.78, 5) is 23.2. The Kier molecular flexibility index (Phi) is 5.00. The van der Waals surface area contributed by atoms with Crippen molar-refractivity contribution in [2.24, 2.45) is 0 Å². The maximum atomic E-state index is 12.6. The van der Waals surface area contributed by atoms with Crippen molar-refractivity contribution in [3.63, 3.8) is 0 Å². The number of aldehydes is 1. The van der Waals surface area contributed by atoms with Crippen LogP contribution in [0.1, 0.15) is 44.6 Å². The molecule has 1 saturated heterocycles. The first kappa shape index (κ1) is 18.4. The molecule has 0 saturated carbocycles. The topological polar surface area (TPSA) is 82.4 Å². The first-order chi connectivity index (χ1) is 12.3. The number of rotatable bonds is 6. The number of sulfone groups is 1. The van der Waals surface area contributed by atoms with E-state index in [1.807, 2.05) is 18.4 Å². The van der Waals surface area contributed by atoms with Crippen molar-refractivity contribution < 1.29 is 22.7 Å². The third kappa shape index (κ3) is 3.72. The minimum atomic E-state index is -3.00. The van der Waals surface area contributed by atoms with Crippen molar-refractivity contribution in [1.82, 2.24) is 4.57 Å². The summed E-state index contributed by atoms with van der Waals surface area (Å²) in [6.07, 6.45) is 1.32. The minimum Gasteiger partial charge on any atom is -0.485 e. The predicted molar refractivity (Wildman–Crippen MR) is 97.9 cm³/mol. The van der Waals surface area contributed by atoms with Crippen LogP contribution >= 0.6 is 0 Å². The number of hydrogen-bond acceptors (Lipinski definition) is 5. The maximum absolute atomic E-state index is 12.6. The van der Waals surface area contributed by atoms with Crippen LogP contribution in [0.4, 0.5) is 0 Å². The summed E-state index contributed by atoms with van der Waals surface area (Å²) < 4.78 is 31.0. The summed E-state index contributed by atoms with van der Waals surface area (Å²) in [5.74, 6) is 0.665. The molecule has 0 N–H and O–H groups in total. The number of aryl methyl sites for hydroxylation is 1. The van der Waals surface area contributed by atoms with Crippen LogP contribution in [0.25, 0.3) is 0 Å². The first-order valence-electron chi connectivity index (χ1n) is 8.41. The zero-order chi connectivity index (χ0) is 18.9. The number of aromatic nitrogens is 1. The number of carbonyl (C=O) groups excluding carboxylic acids is 2. The van der Waals surface area contributed by atoms with Gasteiger partial charge in [-0.2, -0.15) is 0 Å². The molecule has 0 bridgehead atoms. The van der Waals surface area contributed by atoms with Crippen LogP contribution in [0.5, 0.6) is 5.75 Å². The highest BCUT2D eigenvalue weighted by Crippen LogP contribution is 2.29. The van der Waals surface area contributed by atoms with Gasteiger partial charge in [0, 0.05) is 28.6 Å². The van der Waals surface area contributed by atoms with Gasteiger partial charge in [-0.25, -0.2) is 8.42 Å². The van der Waals surface area contributed by atoms with E-state index in [0.717, 1.165) is 17.7 Å². The van der Waals surface area contributed by atoms with Gasteiger partial charge >= 0.3 is 0 Å². The summed E-state index contributed by atoms with van der Waals surface area (Å²) in [5.41, 5.74) is 2.74. The van der Waals surface area contributed by atoms with Crippen molar-refractivity contribution in [3.8, 4) is 5.75 Å². The molecule has 3 rings (SSSR count). The summed E-state index contributed by atoms with van der Waals surface area (Å²) >= 11 is 0. The number of Topliss-reactive ketones (excluding diaryl/α,β-unsaturated/α-hetero) is 1. The van der Waals surface area contributed by atoms with Gasteiger partial charge in [-0.3, -0.25) is 9.59 Å². The lowest BCUT2D eigenvalue weighted by Crippen LogP contribution is -2.16. The Hall–Kier alpha value is -2.41. The Morgan fingerprint density at radius 1 is 1.27 bits per heavy atom. The fourth-order valence-corrected chi connectivity index (χ4v) is 5.17. The molecule has 1 aliphatic heterocycles. The lowest BCUT2D eigenvalue weighted by atomic mass is 10.1. The Morgan fingerprint density at radius 3 is 2.54 bits per heavy atom. The van der Waals surface area contributed by atoms with Gasteiger partial charge < -0.3 is 9.30 Å². The Balaban J connectivity index is 1.73. The van der Waals surface area contributed by atoms with Gasteiger partial charge in [0.15, 0.2) is 16.4 Å². The van der Waals surface area contributed by atoms with E-state index in [9.17, 15) is 18.0 Å². The van der Waals surface area contributed by atoms with Crippen molar-refractivity contribution in [3.05, 3.63) is 52.8 Å². The third-order valence-electron chi connectivity index (χ3n) is 4.74. The lowest BCUT2D eigenvalue weighted by molar-refractivity contribution is 0.0920. The van der Waals surface area contributed by atoms with E-state index >= 15 is 0 Å². The van der Waals surface area contributed by atoms with Crippen LogP contribution in [-0.4, -0.2) is 43.2 Å². The zero-order valence-corrected chi connectivity index (χ0v) is 15.6. The van der Waals surface area contributed by atoms with E-state index < -0.39 is 9.84 Å². The molecule has 2 heterocycles. The van der Waals surface area contributed by atoms with E-state index in [-0.39, 0.29) is 29.9 Å². The Morgan fingerprint density at radius 2 is 1.96 bits per heavy atom. The summed E-state index contributed by atoms with van der Waals surface area (Å²) in [6.45, 7) is 3.60. The molecule has 26 heavy (non-hydrogen) atoms. The average molecular weight is 375 g/mol. The molecule has 7 heteroatoms. The number of hydrogen-bond donors (Lipinski definition) is 0. The number of ether oxygens (including phenoxy) is 1. The Bertz CT molecular complexity index is 941. The van der Waals surface area contributed by atoms with Crippen molar-refractivity contribution >= 4 is 21.9 Å². The third-order valence-corrected chi connectivity index (χ3v) is 6.49. The number of nitrogens with zero attached hydrogens (tertiary/aromatic N) is 1. The number of benzene rings is 1. The molecule has 0 spiro atoms. The summed E-state index contributed by atoms with van der Waals surface area (Å²) in [5, 5.41) is 0. The fraction of sp³-hybridized carbons (Fsp3) is 0.368. The molecule has 0 radical (unpaired) electrons. The monoisotopic (exact) mass is 375 g/mol. The maximum Gasteiger partial charge on any atom is 0.202 e. The van der Waals surface area contributed by atoms with E-state index in [2.05, 4.69) is 0 Å². The second-order valence-corrected chi connectivity index (χ2v) is 8.84. The second-order valence-electron chi connectivity index (χ2n) is 6.61. The number of carbonyl (C=O) groups is 2. The van der Waals surface area contributed by atoms with E-state index in [4.69, 9.17) is 4.74 Å². The van der Waals surface area contributed by atoms with Crippen molar-refractivity contribution in [2.75, 3.05) is 18.1 Å². The summed E-state index contributed by atoms with van der Waals surface area (Å²) in [7, 11) is -3.00. The molecule has 1 atom stereocenters. The van der Waals surface area contributed by atoms with Crippen LogP contribution in [-0.2, 0) is 9.84 Å². The van der Waals surface area contributed by atoms with Gasteiger partial charge in [-0.05, 0) is 50.6 Å². The fourth-order valence-electron chi connectivity index (χ4n) is 3.47. The van der Waals surface area contributed by atoms with Crippen LogP contribution in [0.15, 0.2) is 30.3 Å². The number of ketones is 1. The highest BCUT2D eigenvalue weighted by molar-refractivity contribution is 7.91. The molecule has 0 amide bonds. The highest BCUT2D eigenvalue weighted by atomic mass is 32.2. The molecule has 1 aromatic carbocycles. The smallest absolute Gasteiger partial charge is 0.202 e. The molecule has 6 nitrogen and oxygen atoms in total. The minimum absolute atomic E-state index is 0.113. The van der Waals surface area contributed by atoms with E-state index in [0.29, 0.717) is 23.3 Å². The van der Waals surface area contributed by atoms with Gasteiger partial charge in [0.05, 0.1) is 11.5 Å². The molecular formula is C19H21NO5S. The van der Waals surface area contributed by atoms with E-state index in [1.165, 1.54) is 0 Å². The molecule has 2 aromatic rings. The van der Waals surface area contributed by atoms with Crippen LogP contribution < -0.4 is 4.74 Å². The van der Waals surface area contributed by atoms with Crippen molar-refractivity contribution in [1.29, 1.82) is 0 Å². The van der Waals surface area contributed by atoms with Crippen LogP contribution in [0.3, 0.4) is 0 Å². The van der Waals surface area contributed by atoms with Gasteiger partial charge in [0.2, 0.25) is 5.78 Å². The molecule has 0 unspecified atom stereocenters. The normalized spacial score (nSPS) is 18.6. The predicted octanol–water partition coefficient (Wildman–Crippen LogP) is 2.54. The SMILES string of the molecule is Cc1cc(C(=O)COc2ccc(C=O)cc2)c(C)n1[C@H]1CCS(=O)(=O)C1. The molecule has 1 fully saturated rings. The standard InChI is InChI=1S/C19H21NO5S/c1-13-9-18(14(2)20(13)16-7-8-26(23,24)12-16)19(22)11-25-17-5-3-15(10-21)4-6-17/h3-6,9-10,16H,7-8,11-12H2,1-2H3/t16-/m0/s1. The molecule has 0 aliphatic carbocycles. The Labute approximate surface area is 152 Å². The molecule has 1 aromatic heterocycles. The second kappa shape index (κ2) is 7.07. The van der Waals surface area contributed by atoms with Crippen LogP contribution in [0, 0.1) is 13.8 Å². The largest absolute Gasteiger partial charge is 0.485 e. The zero-order valence-electron chi connectivity index (χ0n) is 14.8. The van der Waals surface area contributed by atoms with Crippen molar-refractivity contribution in [2.45, 2.75) is 26.3 Å². The molecule has 138 valence electrons.